The van der Waals surface area contributed by atoms with Crippen LogP contribution in [-0.2, 0) is 24.4 Å². The zero-order valence-corrected chi connectivity index (χ0v) is 11.0. The highest BCUT2D eigenvalue weighted by molar-refractivity contribution is 7.91. The minimum atomic E-state index is -4.56. The predicted molar refractivity (Wildman–Crippen MR) is 61.7 cm³/mol. The highest BCUT2D eigenvalue weighted by Gasteiger charge is 2.21. The van der Waals surface area contributed by atoms with Gasteiger partial charge in [0, 0.05) is 0 Å². The second-order valence-corrected chi connectivity index (χ2v) is 7.40. The van der Waals surface area contributed by atoms with Crippen LogP contribution in [0.2, 0.25) is 0 Å². The van der Waals surface area contributed by atoms with E-state index in [2.05, 4.69) is 9.50 Å². The van der Waals surface area contributed by atoms with Gasteiger partial charge in [0.25, 0.3) is 0 Å². The van der Waals surface area contributed by atoms with Crippen molar-refractivity contribution in [2.24, 2.45) is 5.92 Å². The summed E-state index contributed by atoms with van der Waals surface area (Å²) in [6.07, 6.45) is 1.80. The molecular formula is C8H17NO6S2. The third kappa shape index (κ3) is 6.94. The molecule has 102 valence electrons. The summed E-state index contributed by atoms with van der Waals surface area (Å²) < 4.78 is 55.9. The summed E-state index contributed by atoms with van der Waals surface area (Å²) in [4.78, 5) is 0. The van der Waals surface area contributed by atoms with Gasteiger partial charge in [-0.15, -0.1) is 0 Å². The van der Waals surface area contributed by atoms with E-state index in [1.807, 2.05) is 0 Å². The summed E-state index contributed by atoms with van der Waals surface area (Å²) in [6.45, 7) is 1.03. The van der Waals surface area contributed by atoms with Gasteiger partial charge in [-0.1, -0.05) is 0 Å². The van der Waals surface area contributed by atoms with Crippen LogP contribution in [0.15, 0.2) is 0 Å². The van der Waals surface area contributed by atoms with E-state index >= 15 is 0 Å². The summed E-state index contributed by atoms with van der Waals surface area (Å²) in [7, 11) is -7.90. The molecule has 0 aliphatic carbocycles. The Morgan fingerprint density at radius 2 is 2.00 bits per heavy atom. The summed E-state index contributed by atoms with van der Waals surface area (Å²) in [5.74, 6) is -0.308. The molecule has 1 rings (SSSR count). The minimum Gasteiger partial charge on any atom is -0.316 e. The maximum atomic E-state index is 11.6. The van der Waals surface area contributed by atoms with E-state index in [1.165, 1.54) is 0 Å². The molecule has 1 atom stereocenters. The van der Waals surface area contributed by atoms with Gasteiger partial charge in [0.1, 0.15) is 0 Å². The summed E-state index contributed by atoms with van der Waals surface area (Å²) in [6, 6.07) is 0. The lowest BCUT2D eigenvalue weighted by atomic mass is 10.0. The molecule has 17 heavy (non-hydrogen) atoms. The molecule has 0 spiro atoms. The normalized spacial score (nSPS) is 22.5. The van der Waals surface area contributed by atoms with Crippen LogP contribution in [0.4, 0.5) is 0 Å². The first-order valence-electron chi connectivity index (χ1n) is 5.31. The van der Waals surface area contributed by atoms with Crippen molar-refractivity contribution < 1.29 is 25.6 Å². The van der Waals surface area contributed by atoms with Gasteiger partial charge in [0.2, 0.25) is 0 Å². The van der Waals surface area contributed by atoms with Crippen LogP contribution in [0, 0.1) is 5.92 Å². The van der Waals surface area contributed by atoms with Crippen molar-refractivity contribution in [1.29, 1.82) is 0 Å². The van der Waals surface area contributed by atoms with E-state index in [0.29, 0.717) is 6.54 Å². The molecule has 2 N–H and O–H groups in total. The molecule has 0 radical (unpaired) electrons. The first-order chi connectivity index (χ1) is 7.79. The van der Waals surface area contributed by atoms with Crippen molar-refractivity contribution in [2.45, 2.75) is 12.8 Å². The van der Waals surface area contributed by atoms with E-state index in [9.17, 15) is 16.8 Å². The first-order valence-corrected chi connectivity index (χ1v) is 8.50. The van der Waals surface area contributed by atoms with E-state index in [4.69, 9.17) is 4.55 Å². The summed E-state index contributed by atoms with van der Waals surface area (Å²) in [5.41, 5.74) is 0. The molecule has 1 aliphatic rings. The topological polar surface area (TPSA) is 110 Å². The molecule has 1 unspecified atom stereocenters. The van der Waals surface area contributed by atoms with Crippen molar-refractivity contribution in [1.82, 2.24) is 5.32 Å². The lowest BCUT2D eigenvalue weighted by molar-refractivity contribution is 0.283. The monoisotopic (exact) mass is 287 g/mol. The van der Waals surface area contributed by atoms with Crippen LogP contribution in [0.5, 0.6) is 0 Å². The van der Waals surface area contributed by atoms with Gasteiger partial charge in [-0.25, -0.2) is 12.6 Å². The lowest BCUT2D eigenvalue weighted by Crippen LogP contribution is -2.34. The first kappa shape index (κ1) is 14.8. The number of hydrogen-bond donors (Lipinski definition) is 2. The largest absolute Gasteiger partial charge is 0.397 e. The van der Waals surface area contributed by atoms with Crippen LogP contribution >= 0.6 is 0 Å². The molecule has 0 bridgehead atoms. The number of sulfone groups is 1. The third-order valence-electron chi connectivity index (χ3n) is 2.52. The smallest absolute Gasteiger partial charge is 0.316 e. The second-order valence-electron chi connectivity index (χ2n) is 4.08. The van der Waals surface area contributed by atoms with Gasteiger partial charge in [-0.05, 0) is 31.8 Å². The molecule has 0 saturated carbocycles. The highest BCUT2D eigenvalue weighted by Crippen LogP contribution is 2.12. The van der Waals surface area contributed by atoms with Gasteiger partial charge in [0.15, 0.2) is 9.84 Å². The van der Waals surface area contributed by atoms with Crippen molar-refractivity contribution in [2.75, 3.05) is 31.2 Å². The Balaban J connectivity index is 2.35. The van der Waals surface area contributed by atoms with Gasteiger partial charge in [-0.2, -0.15) is 8.42 Å². The Morgan fingerprint density at radius 1 is 1.29 bits per heavy atom. The molecule has 0 aromatic carbocycles. The van der Waals surface area contributed by atoms with Crippen molar-refractivity contribution in [3.05, 3.63) is 0 Å². The van der Waals surface area contributed by atoms with E-state index < -0.39 is 32.6 Å². The zero-order chi connectivity index (χ0) is 12.9. The Labute approximate surface area is 101 Å². The van der Waals surface area contributed by atoms with Crippen LogP contribution in [0.1, 0.15) is 12.8 Å². The Morgan fingerprint density at radius 3 is 2.53 bits per heavy atom. The van der Waals surface area contributed by atoms with E-state index in [-0.39, 0.29) is 11.7 Å². The summed E-state index contributed by atoms with van der Waals surface area (Å²) in [5, 5.41) is 3.11. The molecule has 7 nitrogen and oxygen atoms in total. The van der Waals surface area contributed by atoms with Gasteiger partial charge in [-0.3, -0.25) is 4.55 Å². The lowest BCUT2D eigenvalue weighted by Gasteiger charge is -2.22. The maximum Gasteiger partial charge on any atom is 0.397 e. The quantitative estimate of drug-likeness (QED) is 0.617. The standard InChI is InChI=1S/C8H17NO6S2/c10-16(11,5-4-15-17(12,13)14)7-8-2-1-3-9-6-8/h8-9H,1-7H2,(H,12,13,14). The number of hydrogen-bond acceptors (Lipinski definition) is 6. The Bertz CT molecular complexity index is 423. The van der Waals surface area contributed by atoms with Crippen LogP contribution in [-0.4, -0.2) is 52.6 Å². The highest BCUT2D eigenvalue weighted by atomic mass is 32.3. The number of nitrogens with one attached hydrogen (secondary N) is 1. The SMILES string of the molecule is O=S(=O)(CCOS(=O)(=O)O)CC1CCCNC1. The number of piperidine rings is 1. The second kappa shape index (κ2) is 6.10. The fourth-order valence-electron chi connectivity index (χ4n) is 1.77. The molecule has 0 aromatic rings. The van der Waals surface area contributed by atoms with Crippen molar-refractivity contribution in [3.63, 3.8) is 0 Å². The van der Waals surface area contributed by atoms with E-state index in [1.54, 1.807) is 0 Å². The van der Waals surface area contributed by atoms with Crippen LogP contribution < -0.4 is 5.32 Å². The fourth-order valence-corrected chi connectivity index (χ4v) is 3.68. The van der Waals surface area contributed by atoms with Crippen LogP contribution in [0.25, 0.3) is 0 Å². The zero-order valence-electron chi connectivity index (χ0n) is 9.33. The molecule has 1 saturated heterocycles. The third-order valence-corrected chi connectivity index (χ3v) is 4.75. The minimum absolute atomic E-state index is 0.0227. The molecule has 0 aromatic heterocycles. The maximum absolute atomic E-state index is 11.6. The Hall–Kier alpha value is -0.220. The van der Waals surface area contributed by atoms with Gasteiger partial charge < -0.3 is 5.32 Å². The van der Waals surface area contributed by atoms with E-state index in [0.717, 1.165) is 19.4 Å². The molecule has 1 heterocycles. The van der Waals surface area contributed by atoms with Crippen molar-refractivity contribution in [3.8, 4) is 0 Å². The Kier molecular flexibility index (Phi) is 5.32. The van der Waals surface area contributed by atoms with Crippen molar-refractivity contribution >= 4 is 20.2 Å². The predicted octanol–water partition coefficient (Wildman–Crippen LogP) is -0.780. The van der Waals surface area contributed by atoms with Gasteiger partial charge >= 0.3 is 10.4 Å². The average Bonchev–Trinajstić information content (AvgIpc) is 2.15. The summed E-state index contributed by atoms with van der Waals surface area (Å²) >= 11 is 0. The molecule has 0 amide bonds. The molecular weight excluding hydrogens is 270 g/mol. The molecule has 1 aliphatic heterocycles. The molecule has 9 heteroatoms. The average molecular weight is 287 g/mol. The number of rotatable bonds is 6. The fraction of sp³-hybridized carbons (Fsp3) is 1.00. The van der Waals surface area contributed by atoms with Gasteiger partial charge in [0.05, 0.1) is 18.1 Å². The molecule has 1 fully saturated rings. The van der Waals surface area contributed by atoms with Crippen LogP contribution in [0.3, 0.4) is 0 Å².